The second-order valence-electron chi connectivity index (χ2n) is 7.35. The Labute approximate surface area is 146 Å². The average Bonchev–Trinajstić information content (AvgIpc) is 2.78. The number of ether oxygens (including phenoxy) is 2. The molecule has 0 aliphatic carbocycles. The van der Waals surface area contributed by atoms with Crippen molar-refractivity contribution >= 4 is 11.7 Å². The first kappa shape index (κ1) is 19.3. The zero-order valence-electron chi connectivity index (χ0n) is 14.9. The predicted molar refractivity (Wildman–Crippen MR) is 85.5 cm³/mol. The van der Waals surface area contributed by atoms with Gasteiger partial charge >= 0.3 is 0 Å². The minimum absolute atomic E-state index is 0.208. The van der Waals surface area contributed by atoms with Crippen LogP contribution in [0.3, 0.4) is 0 Å². The van der Waals surface area contributed by atoms with Crippen LogP contribution in [0.2, 0.25) is 0 Å². The average molecular weight is 349 g/mol. The van der Waals surface area contributed by atoms with Gasteiger partial charge in [0, 0.05) is 5.41 Å². The van der Waals surface area contributed by atoms with E-state index in [1.165, 1.54) is 6.92 Å². The van der Waals surface area contributed by atoms with Crippen molar-refractivity contribution in [3.8, 4) is 12.1 Å². The third kappa shape index (κ3) is 2.14. The number of amides is 1. The molecule has 4 N–H and O–H groups in total. The molecule has 25 heavy (non-hydrogen) atoms. The molecule has 0 saturated carbocycles. The zero-order chi connectivity index (χ0) is 19.2. The van der Waals surface area contributed by atoms with Crippen molar-refractivity contribution < 1.29 is 19.5 Å². The van der Waals surface area contributed by atoms with Gasteiger partial charge in [-0.3, -0.25) is 4.79 Å². The van der Waals surface area contributed by atoms with E-state index in [0.29, 0.717) is 0 Å². The first-order chi connectivity index (χ1) is 11.6. The summed E-state index contributed by atoms with van der Waals surface area (Å²) in [4.78, 5) is 16.6. The van der Waals surface area contributed by atoms with Gasteiger partial charge in [-0.1, -0.05) is 27.7 Å². The largest absolute Gasteiger partial charge is 0.386 e. The van der Waals surface area contributed by atoms with Crippen LogP contribution in [-0.4, -0.2) is 35.6 Å². The molecular weight excluding hydrogens is 326 g/mol. The lowest BCUT2D eigenvalue weighted by atomic mass is 9.48. The molecule has 1 saturated heterocycles. The number of nitrogens with one attached hydrogen (secondary N) is 1. The van der Waals surface area contributed by atoms with Crippen molar-refractivity contribution in [3.63, 3.8) is 0 Å². The van der Waals surface area contributed by atoms with Crippen molar-refractivity contribution in [2.75, 3.05) is 0 Å². The summed E-state index contributed by atoms with van der Waals surface area (Å²) in [6, 6.07) is 4.12. The fraction of sp³-hybridized carbons (Fsp3) is 0.750. The molecule has 136 valence electrons. The van der Waals surface area contributed by atoms with Crippen LogP contribution in [0.4, 0.5) is 0 Å². The first-order valence-corrected chi connectivity index (χ1v) is 7.99. The summed E-state index contributed by atoms with van der Waals surface area (Å²) < 4.78 is 11.7. The SMILES string of the molecule is CC(C)[C@H]1O[C@@H](O[C@@H](C)NO)C(C)(C)[C@@]2(C#N)C(=O)N=C(N)[C@@]12C#N. The van der Waals surface area contributed by atoms with Gasteiger partial charge in [0.2, 0.25) is 0 Å². The number of carbonyl (C=O) groups excluding carboxylic acids is 1. The number of amidine groups is 1. The summed E-state index contributed by atoms with van der Waals surface area (Å²) in [5, 5.41) is 29.1. The van der Waals surface area contributed by atoms with Crippen molar-refractivity contribution in [2.45, 2.75) is 53.2 Å². The number of hydrogen-bond donors (Lipinski definition) is 3. The first-order valence-electron chi connectivity index (χ1n) is 7.99. The highest BCUT2D eigenvalue weighted by Crippen LogP contribution is 2.64. The van der Waals surface area contributed by atoms with E-state index in [2.05, 4.69) is 11.1 Å². The molecule has 2 aliphatic rings. The lowest BCUT2D eigenvalue weighted by Gasteiger charge is -2.56. The van der Waals surface area contributed by atoms with Gasteiger partial charge < -0.3 is 20.4 Å². The van der Waals surface area contributed by atoms with Crippen molar-refractivity contribution in [1.29, 1.82) is 10.5 Å². The maximum atomic E-state index is 12.8. The van der Waals surface area contributed by atoms with Crippen LogP contribution < -0.4 is 11.2 Å². The molecule has 1 fully saturated rings. The molecule has 2 rings (SSSR count). The Morgan fingerprint density at radius 3 is 2.40 bits per heavy atom. The van der Waals surface area contributed by atoms with E-state index in [9.17, 15) is 15.3 Å². The molecule has 9 heteroatoms. The quantitative estimate of drug-likeness (QED) is 0.494. The Kier molecular flexibility index (Phi) is 4.66. The minimum atomic E-state index is -1.87. The molecule has 2 heterocycles. The lowest BCUT2D eigenvalue weighted by molar-refractivity contribution is -0.321. The summed E-state index contributed by atoms with van der Waals surface area (Å²) in [5.41, 5.74) is 3.08. The van der Waals surface area contributed by atoms with Crippen LogP contribution in [0.25, 0.3) is 0 Å². The third-order valence-corrected chi connectivity index (χ3v) is 5.25. The van der Waals surface area contributed by atoms with Gasteiger partial charge in [0.25, 0.3) is 5.91 Å². The number of nitriles is 2. The number of nitrogens with zero attached hydrogens (tertiary/aromatic N) is 3. The van der Waals surface area contributed by atoms with Crippen molar-refractivity contribution in [3.05, 3.63) is 0 Å². The van der Waals surface area contributed by atoms with E-state index in [-0.39, 0.29) is 11.8 Å². The Morgan fingerprint density at radius 2 is 1.96 bits per heavy atom. The highest BCUT2D eigenvalue weighted by Gasteiger charge is 2.79. The minimum Gasteiger partial charge on any atom is -0.386 e. The van der Waals surface area contributed by atoms with Crippen LogP contribution in [0.15, 0.2) is 4.99 Å². The van der Waals surface area contributed by atoms with Crippen LogP contribution in [0, 0.1) is 44.8 Å². The maximum absolute atomic E-state index is 12.8. The van der Waals surface area contributed by atoms with Gasteiger partial charge in [-0.05, 0) is 12.8 Å². The summed E-state index contributed by atoms with van der Waals surface area (Å²) in [6.07, 6.45) is -2.77. The molecular formula is C16H23N5O4. The third-order valence-electron chi connectivity index (χ3n) is 5.25. The number of rotatable bonds is 4. The smallest absolute Gasteiger partial charge is 0.270 e. The molecule has 0 bridgehead atoms. The Bertz CT molecular complexity index is 692. The molecule has 0 spiro atoms. The van der Waals surface area contributed by atoms with Gasteiger partial charge in [0.1, 0.15) is 12.1 Å². The van der Waals surface area contributed by atoms with Gasteiger partial charge in [-0.15, -0.1) is 0 Å². The highest BCUT2D eigenvalue weighted by atomic mass is 16.7. The molecule has 0 aromatic heterocycles. The number of aliphatic imine (C=N–C) groups is 1. The van der Waals surface area contributed by atoms with Gasteiger partial charge in [0.15, 0.2) is 17.1 Å². The summed E-state index contributed by atoms with van der Waals surface area (Å²) in [7, 11) is 0. The number of hydrogen-bond acceptors (Lipinski definition) is 8. The van der Waals surface area contributed by atoms with Crippen LogP contribution in [-0.2, 0) is 14.3 Å². The standard InChI is InChI=1S/C16H23N5O4/c1-8(2)10-15(6-17)11(19)20-12(22)16(15,7-18)14(4,5)13(25-10)24-9(3)21-23/h8-10,13,21,23H,1-5H3,(H2,19,20,22)/t9-,10+,13+,15+,16+/m0/s1. The summed E-state index contributed by atoms with van der Waals surface area (Å²) >= 11 is 0. The van der Waals surface area contributed by atoms with E-state index in [1.807, 2.05) is 11.5 Å². The number of hydroxylamine groups is 1. The lowest BCUT2D eigenvalue weighted by Crippen LogP contribution is -2.70. The van der Waals surface area contributed by atoms with E-state index >= 15 is 0 Å². The van der Waals surface area contributed by atoms with E-state index in [4.69, 9.17) is 20.4 Å². The maximum Gasteiger partial charge on any atom is 0.270 e. The predicted octanol–water partition coefficient (Wildman–Crippen LogP) is 0.652. The Hall–Kier alpha value is -2.04. The van der Waals surface area contributed by atoms with Crippen LogP contribution in [0.5, 0.6) is 0 Å². The molecule has 5 atom stereocenters. The number of carbonyl (C=O) groups is 1. The zero-order valence-corrected chi connectivity index (χ0v) is 14.9. The van der Waals surface area contributed by atoms with E-state index in [1.54, 1.807) is 27.7 Å². The topological polar surface area (TPSA) is 154 Å². The molecule has 0 unspecified atom stereocenters. The number of fused-ring (bicyclic) bond motifs is 1. The van der Waals surface area contributed by atoms with Crippen LogP contribution >= 0.6 is 0 Å². The molecule has 0 aromatic carbocycles. The Morgan fingerprint density at radius 1 is 1.36 bits per heavy atom. The summed E-state index contributed by atoms with van der Waals surface area (Å²) in [5.74, 6) is -1.24. The monoisotopic (exact) mass is 349 g/mol. The second kappa shape index (κ2) is 6.04. The van der Waals surface area contributed by atoms with E-state index < -0.39 is 40.8 Å². The van der Waals surface area contributed by atoms with E-state index in [0.717, 1.165) is 0 Å². The Balaban J connectivity index is 2.75. The number of nitrogens with two attached hydrogens (primary N) is 1. The highest BCUT2D eigenvalue weighted by molar-refractivity contribution is 6.12. The van der Waals surface area contributed by atoms with Crippen molar-refractivity contribution in [2.24, 2.45) is 32.9 Å². The molecule has 2 aliphatic heterocycles. The molecule has 0 radical (unpaired) electrons. The van der Waals surface area contributed by atoms with Crippen molar-refractivity contribution in [1.82, 2.24) is 5.48 Å². The molecule has 0 aromatic rings. The second-order valence-corrected chi connectivity index (χ2v) is 7.35. The fourth-order valence-corrected chi connectivity index (χ4v) is 3.93. The van der Waals surface area contributed by atoms with Gasteiger partial charge in [0.05, 0.1) is 18.2 Å². The van der Waals surface area contributed by atoms with Crippen LogP contribution in [0.1, 0.15) is 34.6 Å². The van der Waals surface area contributed by atoms with Gasteiger partial charge in [-0.25, -0.2) is 0 Å². The normalized spacial score (nSPS) is 37.8. The summed E-state index contributed by atoms with van der Waals surface area (Å²) in [6.45, 7) is 8.33. The molecule has 9 nitrogen and oxygen atoms in total. The fourth-order valence-electron chi connectivity index (χ4n) is 3.93. The molecule has 1 amide bonds. The van der Waals surface area contributed by atoms with Gasteiger partial charge in [-0.2, -0.15) is 21.0 Å².